The molecule has 0 heterocycles. The molecule has 208 valence electrons. The van der Waals surface area contributed by atoms with Crippen molar-refractivity contribution in [3.05, 3.63) is 53.6 Å². The second kappa shape index (κ2) is 18.8. The number of hydrogen-bond donors (Lipinski definition) is 1. The van der Waals surface area contributed by atoms with E-state index >= 15 is 0 Å². The molecule has 0 aliphatic heterocycles. The van der Waals surface area contributed by atoms with Gasteiger partial charge in [0.15, 0.2) is 11.5 Å². The van der Waals surface area contributed by atoms with E-state index in [4.69, 9.17) is 14.2 Å². The molecular weight excluding hydrogens is 480 g/mol. The highest BCUT2D eigenvalue weighted by Crippen LogP contribution is 2.29. The Morgan fingerprint density at radius 1 is 0.789 bits per heavy atom. The van der Waals surface area contributed by atoms with Gasteiger partial charge < -0.3 is 14.2 Å². The normalized spacial score (nSPS) is 10.9. The lowest BCUT2D eigenvalue weighted by atomic mass is 10.1. The third kappa shape index (κ3) is 12.3. The minimum Gasteiger partial charge on any atom is -0.494 e. The Morgan fingerprint density at radius 2 is 1.47 bits per heavy atom. The number of rotatable bonds is 19. The largest absolute Gasteiger partial charge is 0.494 e. The molecule has 0 radical (unpaired) electrons. The Kier molecular flexibility index (Phi) is 15.3. The molecule has 2 rings (SSSR count). The van der Waals surface area contributed by atoms with Crippen molar-refractivity contribution in [1.29, 1.82) is 0 Å². The first-order valence-electron chi connectivity index (χ1n) is 14.1. The van der Waals surface area contributed by atoms with Crippen LogP contribution in [0.3, 0.4) is 0 Å². The fourth-order valence-corrected chi connectivity index (χ4v) is 3.85. The highest BCUT2D eigenvalue weighted by atomic mass is 16.6. The number of amides is 1. The minimum absolute atomic E-state index is 0.0918. The van der Waals surface area contributed by atoms with Crippen molar-refractivity contribution < 1.29 is 23.8 Å². The Hall–Kier alpha value is -3.35. The zero-order valence-electron chi connectivity index (χ0n) is 23.3. The SMILES string of the molecule is CCCCCCCCCCCC(=O)NN=Cc1ccc(OC(=O)c2ccc(OCCC)cc2)c(OCC)c1. The van der Waals surface area contributed by atoms with Crippen LogP contribution in [0.5, 0.6) is 17.2 Å². The van der Waals surface area contributed by atoms with Crippen LogP contribution in [-0.2, 0) is 4.79 Å². The Bertz CT molecular complexity index is 988. The van der Waals surface area contributed by atoms with E-state index < -0.39 is 5.97 Å². The van der Waals surface area contributed by atoms with Gasteiger partial charge in [0.05, 0.1) is 25.0 Å². The lowest BCUT2D eigenvalue weighted by Gasteiger charge is -2.12. The standard InChI is InChI=1S/C31H44N2O5/c1-4-7-8-9-10-11-12-13-14-15-30(34)33-32-24-25-16-21-28(29(23-25)36-6-3)38-31(35)26-17-19-27(20-18-26)37-22-5-2/h16-21,23-24H,4-15,22H2,1-3H3,(H,33,34). The van der Waals surface area contributed by atoms with E-state index in [9.17, 15) is 9.59 Å². The molecule has 0 aromatic heterocycles. The van der Waals surface area contributed by atoms with E-state index in [1.165, 1.54) is 44.9 Å². The number of esters is 1. The van der Waals surface area contributed by atoms with Gasteiger partial charge in [-0.25, -0.2) is 10.2 Å². The fraction of sp³-hybridized carbons (Fsp3) is 0.516. The van der Waals surface area contributed by atoms with E-state index in [0.29, 0.717) is 48.0 Å². The molecule has 0 aliphatic carbocycles. The predicted molar refractivity (Wildman–Crippen MR) is 152 cm³/mol. The van der Waals surface area contributed by atoms with E-state index in [-0.39, 0.29) is 5.91 Å². The summed E-state index contributed by atoms with van der Waals surface area (Å²) in [6, 6.07) is 12.0. The molecule has 0 saturated heterocycles. The van der Waals surface area contributed by atoms with Gasteiger partial charge in [0.2, 0.25) is 5.91 Å². The van der Waals surface area contributed by atoms with E-state index in [2.05, 4.69) is 17.5 Å². The summed E-state index contributed by atoms with van der Waals surface area (Å²) in [6.45, 7) is 7.15. The molecule has 38 heavy (non-hydrogen) atoms. The van der Waals surface area contributed by atoms with Crippen LogP contribution in [0.15, 0.2) is 47.6 Å². The van der Waals surface area contributed by atoms with Crippen molar-refractivity contribution in [1.82, 2.24) is 5.43 Å². The summed E-state index contributed by atoms with van der Waals surface area (Å²) in [5, 5.41) is 4.07. The summed E-state index contributed by atoms with van der Waals surface area (Å²) in [5.41, 5.74) is 3.72. The molecule has 1 amide bonds. The third-order valence-corrected chi connectivity index (χ3v) is 5.94. The number of carbonyl (C=O) groups is 2. The fourth-order valence-electron chi connectivity index (χ4n) is 3.85. The molecule has 0 fully saturated rings. The quantitative estimate of drug-likeness (QED) is 0.0677. The van der Waals surface area contributed by atoms with Crippen LogP contribution in [0.1, 0.15) is 107 Å². The number of hydrogen-bond acceptors (Lipinski definition) is 6. The molecule has 7 heteroatoms. The zero-order valence-corrected chi connectivity index (χ0v) is 23.3. The van der Waals surface area contributed by atoms with Gasteiger partial charge in [0, 0.05) is 6.42 Å². The number of ether oxygens (including phenoxy) is 3. The van der Waals surface area contributed by atoms with Gasteiger partial charge in [0.25, 0.3) is 0 Å². The topological polar surface area (TPSA) is 86.2 Å². The maximum Gasteiger partial charge on any atom is 0.343 e. The van der Waals surface area contributed by atoms with Crippen LogP contribution >= 0.6 is 0 Å². The van der Waals surface area contributed by atoms with Crippen molar-refractivity contribution in [2.45, 2.75) is 91.4 Å². The van der Waals surface area contributed by atoms with Gasteiger partial charge in [-0.2, -0.15) is 5.10 Å². The molecular formula is C31H44N2O5. The second-order valence-corrected chi connectivity index (χ2v) is 9.27. The van der Waals surface area contributed by atoms with E-state index in [0.717, 1.165) is 19.3 Å². The van der Waals surface area contributed by atoms with Crippen molar-refractivity contribution in [2.24, 2.45) is 5.10 Å². The smallest absolute Gasteiger partial charge is 0.343 e. The maximum absolute atomic E-state index is 12.6. The van der Waals surface area contributed by atoms with Gasteiger partial charge in [0.1, 0.15) is 5.75 Å². The van der Waals surface area contributed by atoms with Gasteiger partial charge in [-0.15, -0.1) is 0 Å². The van der Waals surface area contributed by atoms with Crippen molar-refractivity contribution in [3.8, 4) is 17.2 Å². The molecule has 7 nitrogen and oxygen atoms in total. The summed E-state index contributed by atoms with van der Waals surface area (Å²) >= 11 is 0. The first-order chi connectivity index (χ1) is 18.6. The number of hydrazone groups is 1. The molecule has 2 aromatic rings. The lowest BCUT2D eigenvalue weighted by molar-refractivity contribution is -0.121. The highest BCUT2D eigenvalue weighted by molar-refractivity contribution is 5.91. The Balaban J connectivity index is 1.80. The molecule has 0 unspecified atom stereocenters. The monoisotopic (exact) mass is 524 g/mol. The van der Waals surface area contributed by atoms with Gasteiger partial charge >= 0.3 is 5.97 Å². The van der Waals surface area contributed by atoms with E-state index in [1.807, 2.05) is 13.8 Å². The van der Waals surface area contributed by atoms with Crippen molar-refractivity contribution in [3.63, 3.8) is 0 Å². The van der Waals surface area contributed by atoms with Crippen LogP contribution in [-0.4, -0.2) is 31.3 Å². The predicted octanol–water partition coefficient (Wildman–Crippen LogP) is 7.46. The molecule has 0 atom stereocenters. The van der Waals surface area contributed by atoms with E-state index in [1.54, 1.807) is 48.7 Å². The van der Waals surface area contributed by atoms with Crippen LogP contribution in [0.25, 0.3) is 0 Å². The molecule has 2 aromatic carbocycles. The summed E-state index contributed by atoms with van der Waals surface area (Å²) < 4.78 is 16.8. The summed E-state index contributed by atoms with van der Waals surface area (Å²) in [6.07, 6.45) is 13.9. The molecule has 0 spiro atoms. The Morgan fingerprint density at radius 3 is 2.13 bits per heavy atom. The van der Waals surface area contributed by atoms with Crippen LogP contribution in [0.4, 0.5) is 0 Å². The lowest BCUT2D eigenvalue weighted by Crippen LogP contribution is -2.16. The van der Waals surface area contributed by atoms with Gasteiger partial charge in [-0.1, -0.05) is 65.2 Å². The average Bonchev–Trinajstić information content (AvgIpc) is 2.92. The third-order valence-electron chi connectivity index (χ3n) is 5.94. The highest BCUT2D eigenvalue weighted by Gasteiger charge is 2.13. The number of nitrogens with one attached hydrogen (secondary N) is 1. The summed E-state index contributed by atoms with van der Waals surface area (Å²) in [5.74, 6) is 0.870. The van der Waals surface area contributed by atoms with Crippen LogP contribution in [0.2, 0.25) is 0 Å². The number of unbranched alkanes of at least 4 members (excludes halogenated alkanes) is 8. The van der Waals surface area contributed by atoms with Crippen molar-refractivity contribution in [2.75, 3.05) is 13.2 Å². The van der Waals surface area contributed by atoms with Gasteiger partial charge in [-0.3, -0.25) is 4.79 Å². The number of carbonyl (C=O) groups excluding carboxylic acids is 2. The number of benzene rings is 2. The minimum atomic E-state index is -0.488. The first kappa shape index (κ1) is 30.9. The maximum atomic E-state index is 12.6. The van der Waals surface area contributed by atoms with Crippen molar-refractivity contribution >= 4 is 18.1 Å². The molecule has 0 aliphatic rings. The second-order valence-electron chi connectivity index (χ2n) is 9.27. The first-order valence-corrected chi connectivity index (χ1v) is 14.1. The molecule has 1 N–H and O–H groups in total. The summed E-state index contributed by atoms with van der Waals surface area (Å²) in [7, 11) is 0. The number of nitrogens with zero attached hydrogens (tertiary/aromatic N) is 1. The average molecular weight is 525 g/mol. The van der Waals surface area contributed by atoms with Gasteiger partial charge in [-0.05, 0) is 67.8 Å². The zero-order chi connectivity index (χ0) is 27.4. The molecule has 0 bridgehead atoms. The van der Waals surface area contributed by atoms with Crippen LogP contribution in [0, 0.1) is 0 Å². The molecule has 0 saturated carbocycles. The van der Waals surface area contributed by atoms with Crippen LogP contribution < -0.4 is 19.6 Å². The Labute approximate surface area is 228 Å². The summed E-state index contributed by atoms with van der Waals surface area (Å²) in [4.78, 5) is 24.7.